The van der Waals surface area contributed by atoms with Gasteiger partial charge in [-0.25, -0.2) is 9.98 Å². The first-order valence-electron chi connectivity index (χ1n) is 9.49. The van der Waals surface area contributed by atoms with Crippen LogP contribution in [0, 0.1) is 0 Å². The van der Waals surface area contributed by atoms with Gasteiger partial charge in [0.05, 0.1) is 0 Å². The lowest BCUT2D eigenvalue weighted by atomic mass is 9.98. The highest BCUT2D eigenvalue weighted by atomic mass is 14.9. The molecule has 0 amide bonds. The third kappa shape index (κ3) is 3.61. The molecular formula is C25H24N2. The van der Waals surface area contributed by atoms with Crippen molar-refractivity contribution in [1.82, 2.24) is 0 Å². The molecule has 0 saturated heterocycles. The highest BCUT2D eigenvalue weighted by Crippen LogP contribution is 2.38. The van der Waals surface area contributed by atoms with E-state index < -0.39 is 0 Å². The summed E-state index contributed by atoms with van der Waals surface area (Å²) in [5, 5.41) is 0. The second-order valence-electron chi connectivity index (χ2n) is 7.24. The second kappa shape index (κ2) is 7.32. The number of hydrogen-bond acceptors (Lipinski definition) is 1. The predicted octanol–water partition coefficient (Wildman–Crippen LogP) is 6.14. The zero-order chi connectivity index (χ0) is 18.8. The van der Waals surface area contributed by atoms with Crippen molar-refractivity contribution in [2.75, 3.05) is 0 Å². The van der Waals surface area contributed by atoms with Gasteiger partial charge in [-0.3, -0.25) is 0 Å². The largest absolute Gasteiger partial charge is 0.234 e. The lowest BCUT2D eigenvalue weighted by Gasteiger charge is -2.09. The van der Waals surface area contributed by atoms with E-state index >= 15 is 0 Å². The number of amidine groups is 1. The maximum Gasteiger partial charge on any atom is 0.159 e. The highest BCUT2D eigenvalue weighted by Gasteiger charge is 2.22. The third-order valence-electron chi connectivity index (χ3n) is 5.10. The smallest absolute Gasteiger partial charge is 0.159 e. The van der Waals surface area contributed by atoms with Gasteiger partial charge in [0.1, 0.15) is 0 Å². The summed E-state index contributed by atoms with van der Waals surface area (Å²) in [7, 11) is 0. The Bertz CT molecular complexity index is 1020. The molecule has 0 spiro atoms. The average molecular weight is 352 g/mol. The van der Waals surface area contributed by atoms with Crippen LogP contribution in [0.3, 0.4) is 0 Å². The van der Waals surface area contributed by atoms with Crippen LogP contribution in [0.2, 0.25) is 0 Å². The quantitative estimate of drug-likeness (QED) is 0.468. The van der Waals surface area contributed by atoms with Gasteiger partial charge < -0.3 is 0 Å². The summed E-state index contributed by atoms with van der Waals surface area (Å²) < 4.78 is 0. The molecule has 0 aliphatic heterocycles. The SMILES string of the molecule is C=C(C)N=C(N=C(C)c1ccccc1)c1ccc2c(c1)CC1=C2C=CCC1. The molecule has 2 aliphatic rings. The Morgan fingerprint density at radius 3 is 2.56 bits per heavy atom. The average Bonchev–Trinajstić information content (AvgIpc) is 3.05. The molecule has 27 heavy (non-hydrogen) atoms. The third-order valence-corrected chi connectivity index (χ3v) is 5.10. The molecule has 2 nitrogen and oxygen atoms in total. The monoisotopic (exact) mass is 352 g/mol. The Morgan fingerprint density at radius 1 is 0.963 bits per heavy atom. The second-order valence-corrected chi connectivity index (χ2v) is 7.24. The van der Waals surface area contributed by atoms with Crippen LogP contribution in [-0.2, 0) is 6.42 Å². The topological polar surface area (TPSA) is 24.7 Å². The van der Waals surface area contributed by atoms with E-state index in [2.05, 4.69) is 54.1 Å². The minimum absolute atomic E-state index is 0.729. The molecule has 2 heteroatoms. The van der Waals surface area contributed by atoms with Crippen LogP contribution in [0.1, 0.15) is 48.9 Å². The predicted molar refractivity (Wildman–Crippen MR) is 115 cm³/mol. The number of rotatable bonds is 3. The Kier molecular flexibility index (Phi) is 4.72. The molecule has 0 bridgehead atoms. The van der Waals surface area contributed by atoms with Crippen molar-refractivity contribution in [3.8, 4) is 0 Å². The molecule has 0 radical (unpaired) electrons. The maximum atomic E-state index is 4.85. The fraction of sp³-hybridized carbons (Fsp3) is 0.200. The van der Waals surface area contributed by atoms with Crippen LogP contribution in [0.4, 0.5) is 0 Å². The van der Waals surface area contributed by atoms with Crippen molar-refractivity contribution >= 4 is 17.1 Å². The van der Waals surface area contributed by atoms with Gasteiger partial charge in [0.15, 0.2) is 5.84 Å². The molecule has 134 valence electrons. The molecule has 0 heterocycles. The van der Waals surface area contributed by atoms with E-state index in [0.717, 1.165) is 41.2 Å². The fourth-order valence-electron chi connectivity index (χ4n) is 3.78. The van der Waals surface area contributed by atoms with E-state index in [9.17, 15) is 0 Å². The van der Waals surface area contributed by atoms with E-state index in [0.29, 0.717) is 0 Å². The molecule has 0 N–H and O–H groups in total. The van der Waals surface area contributed by atoms with E-state index in [4.69, 9.17) is 4.99 Å². The summed E-state index contributed by atoms with van der Waals surface area (Å²) in [5.41, 5.74) is 9.60. The van der Waals surface area contributed by atoms with Crippen molar-refractivity contribution in [3.63, 3.8) is 0 Å². The number of nitrogens with zero attached hydrogens (tertiary/aromatic N) is 2. The van der Waals surface area contributed by atoms with Gasteiger partial charge in [-0.15, -0.1) is 0 Å². The zero-order valence-electron chi connectivity index (χ0n) is 16.0. The summed E-state index contributed by atoms with van der Waals surface area (Å²) in [5.74, 6) is 0.729. The van der Waals surface area contributed by atoms with Gasteiger partial charge >= 0.3 is 0 Å². The number of benzene rings is 2. The van der Waals surface area contributed by atoms with E-state index in [1.54, 1.807) is 5.57 Å². The van der Waals surface area contributed by atoms with Crippen LogP contribution in [0.15, 0.2) is 88.5 Å². The Morgan fingerprint density at radius 2 is 1.78 bits per heavy atom. The molecule has 2 aromatic rings. The van der Waals surface area contributed by atoms with Gasteiger partial charge in [0.25, 0.3) is 0 Å². The Balaban J connectivity index is 1.72. The summed E-state index contributed by atoms with van der Waals surface area (Å²) >= 11 is 0. The van der Waals surface area contributed by atoms with Crippen molar-refractivity contribution in [1.29, 1.82) is 0 Å². The number of allylic oxidation sites excluding steroid dienone is 5. The van der Waals surface area contributed by atoms with Gasteiger partial charge in [0, 0.05) is 17.0 Å². The first kappa shape index (κ1) is 17.4. The standard InChI is InChI=1S/C25H24N2/c1-17(2)26-25(27-18(3)19-9-5-4-6-10-19)21-13-14-24-22(16-21)15-20-11-7-8-12-23(20)24/h4-6,8-10,12-14,16H,1,7,11,15H2,2-3H3. The summed E-state index contributed by atoms with van der Waals surface area (Å²) in [6.07, 6.45) is 7.94. The normalized spacial score (nSPS) is 16.4. The fourth-order valence-corrected chi connectivity index (χ4v) is 3.78. The molecule has 0 aromatic heterocycles. The van der Waals surface area contributed by atoms with Gasteiger partial charge in [-0.05, 0) is 61.4 Å². The van der Waals surface area contributed by atoms with Crippen LogP contribution >= 0.6 is 0 Å². The molecule has 4 rings (SSSR count). The lowest BCUT2D eigenvalue weighted by Crippen LogP contribution is -2.05. The van der Waals surface area contributed by atoms with Gasteiger partial charge in [0.2, 0.25) is 0 Å². The number of aliphatic imine (C=N–C) groups is 2. The molecular weight excluding hydrogens is 328 g/mol. The van der Waals surface area contributed by atoms with Crippen LogP contribution in [0.5, 0.6) is 0 Å². The number of hydrogen-bond donors (Lipinski definition) is 0. The van der Waals surface area contributed by atoms with Gasteiger partial charge in [-0.2, -0.15) is 0 Å². The Hall–Kier alpha value is -3.00. The van der Waals surface area contributed by atoms with Crippen LogP contribution in [0.25, 0.3) is 5.57 Å². The van der Waals surface area contributed by atoms with Crippen molar-refractivity contribution in [2.45, 2.75) is 33.1 Å². The summed E-state index contributed by atoms with van der Waals surface area (Å²) in [6, 6.07) is 16.8. The van der Waals surface area contributed by atoms with E-state index in [1.807, 2.05) is 32.0 Å². The summed E-state index contributed by atoms with van der Waals surface area (Å²) in [4.78, 5) is 9.49. The van der Waals surface area contributed by atoms with Crippen molar-refractivity contribution in [3.05, 3.63) is 101 Å². The zero-order valence-corrected chi connectivity index (χ0v) is 16.0. The minimum Gasteiger partial charge on any atom is -0.234 e. The number of fused-ring (bicyclic) bond motifs is 2. The molecule has 0 unspecified atom stereocenters. The summed E-state index contributed by atoms with van der Waals surface area (Å²) in [6.45, 7) is 7.90. The molecule has 2 aliphatic carbocycles. The highest BCUT2D eigenvalue weighted by molar-refractivity contribution is 6.12. The van der Waals surface area contributed by atoms with Crippen LogP contribution in [-0.4, -0.2) is 11.5 Å². The minimum atomic E-state index is 0.729. The molecule has 0 fully saturated rings. The molecule has 0 saturated carbocycles. The van der Waals surface area contributed by atoms with E-state index in [1.165, 1.54) is 23.1 Å². The Labute approximate surface area is 161 Å². The molecule has 2 aromatic carbocycles. The van der Waals surface area contributed by atoms with Gasteiger partial charge in [-0.1, -0.05) is 66.8 Å². The first-order valence-corrected chi connectivity index (χ1v) is 9.49. The molecule has 0 atom stereocenters. The maximum absolute atomic E-state index is 4.85. The van der Waals surface area contributed by atoms with Crippen molar-refractivity contribution < 1.29 is 0 Å². The van der Waals surface area contributed by atoms with Crippen molar-refractivity contribution in [2.24, 2.45) is 9.98 Å². The first-order chi connectivity index (χ1) is 13.1. The van der Waals surface area contributed by atoms with Crippen LogP contribution < -0.4 is 0 Å². The van der Waals surface area contributed by atoms with E-state index in [-0.39, 0.29) is 0 Å². The lowest BCUT2D eigenvalue weighted by molar-refractivity contribution is 0.935.